The Morgan fingerprint density at radius 1 is 1.12 bits per heavy atom. The van der Waals surface area contributed by atoms with E-state index in [4.69, 9.17) is 5.73 Å². The van der Waals surface area contributed by atoms with E-state index in [1.807, 2.05) is 0 Å². The molecule has 1 fully saturated rings. The van der Waals surface area contributed by atoms with Gasteiger partial charge in [-0.1, -0.05) is 18.2 Å². The smallest absolute Gasteiger partial charge is 0.0439 e. The molecule has 1 aromatic carbocycles. The molecule has 16 heavy (non-hydrogen) atoms. The Balaban J connectivity index is 2.36. The highest BCUT2D eigenvalue weighted by atomic mass is 15.1. The Bertz CT molecular complexity index is 356. The van der Waals surface area contributed by atoms with Crippen LogP contribution in [-0.4, -0.2) is 25.0 Å². The second kappa shape index (κ2) is 4.19. The van der Waals surface area contributed by atoms with Crippen LogP contribution in [0.15, 0.2) is 18.2 Å². The zero-order valence-corrected chi connectivity index (χ0v) is 10.6. The first-order valence-electron chi connectivity index (χ1n) is 6.07. The topological polar surface area (TPSA) is 29.3 Å². The zero-order valence-electron chi connectivity index (χ0n) is 10.6. The summed E-state index contributed by atoms with van der Waals surface area (Å²) in [5.41, 5.74) is 10.6. The first-order chi connectivity index (χ1) is 7.53. The summed E-state index contributed by atoms with van der Waals surface area (Å²) in [5, 5.41) is 0. The van der Waals surface area contributed by atoms with Crippen molar-refractivity contribution in [2.45, 2.75) is 32.2 Å². The Morgan fingerprint density at radius 3 is 2.12 bits per heavy atom. The van der Waals surface area contributed by atoms with Gasteiger partial charge in [0.05, 0.1) is 0 Å². The molecule has 1 saturated heterocycles. The fourth-order valence-electron chi connectivity index (χ4n) is 2.87. The van der Waals surface area contributed by atoms with Crippen LogP contribution in [0.5, 0.6) is 0 Å². The number of nitrogens with two attached hydrogens (primary N) is 1. The van der Waals surface area contributed by atoms with Crippen molar-refractivity contribution < 1.29 is 0 Å². The lowest BCUT2D eigenvalue weighted by atomic mass is 9.78. The van der Waals surface area contributed by atoms with Gasteiger partial charge in [-0.25, -0.2) is 0 Å². The van der Waals surface area contributed by atoms with E-state index >= 15 is 0 Å². The normalized spacial score (nSPS) is 21.0. The van der Waals surface area contributed by atoms with E-state index in [9.17, 15) is 0 Å². The van der Waals surface area contributed by atoms with E-state index in [1.165, 1.54) is 16.7 Å². The van der Waals surface area contributed by atoms with Crippen LogP contribution in [0, 0.1) is 13.8 Å². The summed E-state index contributed by atoms with van der Waals surface area (Å²) in [4.78, 5) is 2.36. The van der Waals surface area contributed by atoms with Gasteiger partial charge in [-0.05, 0) is 63.5 Å². The Hall–Kier alpha value is -0.860. The molecule has 0 aliphatic carbocycles. The molecule has 2 nitrogen and oxygen atoms in total. The van der Waals surface area contributed by atoms with Crippen molar-refractivity contribution in [2.24, 2.45) is 5.73 Å². The molecule has 2 heteroatoms. The molecular formula is C14H22N2. The SMILES string of the molecule is Cc1cccc(C)c1C1(N)CCN(C)CC1. The van der Waals surface area contributed by atoms with Gasteiger partial charge in [0.1, 0.15) is 0 Å². The monoisotopic (exact) mass is 218 g/mol. The van der Waals surface area contributed by atoms with Crippen LogP contribution in [0.25, 0.3) is 0 Å². The quantitative estimate of drug-likeness (QED) is 0.783. The van der Waals surface area contributed by atoms with Crippen LogP contribution in [0.1, 0.15) is 29.5 Å². The van der Waals surface area contributed by atoms with Gasteiger partial charge < -0.3 is 10.6 Å². The van der Waals surface area contributed by atoms with Crippen molar-refractivity contribution in [3.63, 3.8) is 0 Å². The van der Waals surface area contributed by atoms with E-state index in [0.29, 0.717) is 0 Å². The van der Waals surface area contributed by atoms with E-state index < -0.39 is 0 Å². The number of benzene rings is 1. The minimum absolute atomic E-state index is 0.109. The molecule has 0 amide bonds. The first kappa shape index (κ1) is 11.6. The predicted molar refractivity (Wildman–Crippen MR) is 68.5 cm³/mol. The van der Waals surface area contributed by atoms with Gasteiger partial charge in [0.2, 0.25) is 0 Å². The summed E-state index contributed by atoms with van der Waals surface area (Å²) < 4.78 is 0. The third-order valence-corrected chi connectivity index (χ3v) is 3.86. The summed E-state index contributed by atoms with van der Waals surface area (Å²) in [6, 6.07) is 6.47. The molecule has 2 rings (SSSR count). The van der Waals surface area contributed by atoms with Crippen molar-refractivity contribution in [1.82, 2.24) is 4.90 Å². The maximum Gasteiger partial charge on any atom is 0.0439 e. The van der Waals surface area contributed by atoms with Crippen molar-refractivity contribution in [3.8, 4) is 0 Å². The predicted octanol–water partition coefficient (Wildman–Crippen LogP) is 2.18. The summed E-state index contributed by atoms with van der Waals surface area (Å²) in [7, 11) is 2.17. The Kier molecular flexibility index (Phi) is 3.04. The van der Waals surface area contributed by atoms with Crippen LogP contribution < -0.4 is 5.73 Å². The molecule has 0 spiro atoms. The van der Waals surface area contributed by atoms with Gasteiger partial charge in [0.15, 0.2) is 0 Å². The lowest BCUT2D eigenvalue weighted by molar-refractivity contribution is 0.190. The standard InChI is InChI=1S/C14H22N2/c1-11-5-4-6-12(2)13(11)14(15)7-9-16(3)10-8-14/h4-6H,7-10,15H2,1-3H3. The molecular weight excluding hydrogens is 196 g/mol. The number of hydrogen-bond donors (Lipinski definition) is 1. The molecule has 2 N–H and O–H groups in total. The largest absolute Gasteiger partial charge is 0.321 e. The number of likely N-dealkylation sites (tertiary alicyclic amines) is 1. The lowest BCUT2D eigenvalue weighted by Crippen LogP contribution is -2.47. The van der Waals surface area contributed by atoms with Gasteiger partial charge in [0.25, 0.3) is 0 Å². The van der Waals surface area contributed by atoms with E-state index in [-0.39, 0.29) is 5.54 Å². The second-order valence-electron chi connectivity index (χ2n) is 5.23. The highest BCUT2D eigenvalue weighted by Crippen LogP contribution is 2.33. The number of rotatable bonds is 1. The van der Waals surface area contributed by atoms with Crippen LogP contribution in [0.2, 0.25) is 0 Å². The van der Waals surface area contributed by atoms with Crippen LogP contribution in [0.4, 0.5) is 0 Å². The lowest BCUT2D eigenvalue weighted by Gasteiger charge is -2.39. The van der Waals surface area contributed by atoms with Crippen molar-refractivity contribution in [1.29, 1.82) is 0 Å². The van der Waals surface area contributed by atoms with Crippen molar-refractivity contribution >= 4 is 0 Å². The molecule has 0 bridgehead atoms. The number of nitrogens with zero attached hydrogens (tertiary/aromatic N) is 1. The van der Waals surface area contributed by atoms with Crippen LogP contribution in [0.3, 0.4) is 0 Å². The number of piperidine rings is 1. The van der Waals surface area contributed by atoms with E-state index in [1.54, 1.807) is 0 Å². The maximum absolute atomic E-state index is 6.62. The molecule has 0 aromatic heterocycles. The van der Waals surface area contributed by atoms with Crippen LogP contribution in [-0.2, 0) is 5.54 Å². The Morgan fingerprint density at radius 2 is 1.62 bits per heavy atom. The van der Waals surface area contributed by atoms with Gasteiger partial charge in [-0.2, -0.15) is 0 Å². The average molecular weight is 218 g/mol. The van der Waals surface area contributed by atoms with Crippen LogP contribution >= 0.6 is 0 Å². The molecule has 1 heterocycles. The van der Waals surface area contributed by atoms with Crippen molar-refractivity contribution in [3.05, 3.63) is 34.9 Å². The van der Waals surface area contributed by atoms with Gasteiger partial charge in [0, 0.05) is 5.54 Å². The fraction of sp³-hybridized carbons (Fsp3) is 0.571. The third-order valence-electron chi connectivity index (χ3n) is 3.86. The molecule has 88 valence electrons. The molecule has 0 saturated carbocycles. The molecule has 1 aromatic rings. The molecule has 1 aliphatic rings. The number of hydrogen-bond acceptors (Lipinski definition) is 2. The minimum atomic E-state index is -0.109. The fourth-order valence-corrected chi connectivity index (χ4v) is 2.87. The minimum Gasteiger partial charge on any atom is -0.321 e. The molecule has 0 unspecified atom stereocenters. The van der Waals surface area contributed by atoms with Gasteiger partial charge in [-0.3, -0.25) is 0 Å². The molecule has 1 aliphatic heterocycles. The Labute approximate surface area is 98.4 Å². The number of aryl methyl sites for hydroxylation is 2. The van der Waals surface area contributed by atoms with Gasteiger partial charge in [-0.15, -0.1) is 0 Å². The summed E-state index contributed by atoms with van der Waals surface area (Å²) in [5.74, 6) is 0. The summed E-state index contributed by atoms with van der Waals surface area (Å²) in [6.07, 6.45) is 2.13. The van der Waals surface area contributed by atoms with E-state index in [2.05, 4.69) is 44.0 Å². The second-order valence-corrected chi connectivity index (χ2v) is 5.23. The molecule has 0 radical (unpaired) electrons. The van der Waals surface area contributed by atoms with Crippen molar-refractivity contribution in [2.75, 3.05) is 20.1 Å². The summed E-state index contributed by atoms with van der Waals surface area (Å²) >= 11 is 0. The van der Waals surface area contributed by atoms with E-state index in [0.717, 1.165) is 25.9 Å². The first-order valence-corrected chi connectivity index (χ1v) is 6.07. The highest BCUT2D eigenvalue weighted by Gasteiger charge is 2.33. The molecule has 0 atom stereocenters. The third kappa shape index (κ3) is 2.00. The highest BCUT2D eigenvalue weighted by molar-refractivity contribution is 5.39. The van der Waals surface area contributed by atoms with Gasteiger partial charge >= 0.3 is 0 Å². The summed E-state index contributed by atoms with van der Waals surface area (Å²) in [6.45, 7) is 6.55. The maximum atomic E-state index is 6.62. The average Bonchev–Trinajstić information content (AvgIpc) is 2.23. The zero-order chi connectivity index (χ0) is 11.8.